The van der Waals surface area contributed by atoms with Gasteiger partial charge in [0.2, 0.25) is 0 Å². The van der Waals surface area contributed by atoms with Gasteiger partial charge in [-0.1, -0.05) is 171 Å². The van der Waals surface area contributed by atoms with Gasteiger partial charge in [-0.3, -0.25) is 13.8 Å². The van der Waals surface area contributed by atoms with Crippen LogP contribution in [0, 0.1) is 0 Å². The molecule has 0 aliphatic heterocycles. The number of phosphoric acid groups is 1. The minimum absolute atomic E-state index is 0.0841. The van der Waals surface area contributed by atoms with Gasteiger partial charge in [0.1, 0.15) is 42.7 Å². The number of rotatable bonds is 42. The van der Waals surface area contributed by atoms with Crippen LogP contribution in [0.4, 0.5) is 0 Å². The van der Waals surface area contributed by atoms with E-state index in [9.17, 15) is 39.8 Å². The normalized spacial score (nSPS) is 22.2. The number of allylic oxidation sites excluding steroid dienone is 10. The highest BCUT2D eigenvalue weighted by molar-refractivity contribution is 7.47. The molecule has 0 heterocycles. The molecule has 0 saturated heterocycles. The first-order chi connectivity index (χ1) is 31.0. The molecule has 1 aliphatic carbocycles. The van der Waals surface area contributed by atoms with E-state index in [-0.39, 0.29) is 13.0 Å². The number of aliphatic hydroxyl groups is 5. The van der Waals surface area contributed by atoms with Crippen molar-refractivity contribution in [2.24, 2.45) is 0 Å². The molecule has 0 amide bonds. The lowest BCUT2D eigenvalue weighted by Gasteiger charge is -2.41. The molecule has 1 fully saturated rings. The van der Waals surface area contributed by atoms with E-state index in [1.807, 2.05) is 0 Å². The molecule has 372 valence electrons. The van der Waals surface area contributed by atoms with Crippen molar-refractivity contribution in [2.45, 2.75) is 236 Å². The summed E-state index contributed by atoms with van der Waals surface area (Å²) in [6.07, 6.45) is 40.0. The van der Waals surface area contributed by atoms with Gasteiger partial charge >= 0.3 is 13.8 Å². The van der Waals surface area contributed by atoms with E-state index in [1.165, 1.54) is 83.5 Å². The predicted molar refractivity (Wildman–Crippen MR) is 258 cm³/mol. The molecule has 0 spiro atoms. The fourth-order valence-corrected chi connectivity index (χ4v) is 8.37. The third-order valence-electron chi connectivity index (χ3n) is 11.4. The van der Waals surface area contributed by atoms with Crippen molar-refractivity contribution in [1.29, 1.82) is 0 Å². The maximum absolute atomic E-state index is 12.8. The second-order valence-corrected chi connectivity index (χ2v) is 18.7. The Balaban J connectivity index is 2.33. The Morgan fingerprint density at radius 2 is 0.922 bits per heavy atom. The number of phosphoric ester groups is 1. The van der Waals surface area contributed by atoms with E-state index >= 15 is 0 Å². The van der Waals surface area contributed by atoms with Gasteiger partial charge in [-0.25, -0.2) is 4.57 Å². The zero-order valence-electron chi connectivity index (χ0n) is 39.8. The van der Waals surface area contributed by atoms with E-state index < -0.39 is 63.1 Å². The second-order valence-electron chi connectivity index (χ2n) is 17.3. The summed E-state index contributed by atoms with van der Waals surface area (Å²) in [7, 11) is -5.02. The Morgan fingerprint density at radius 1 is 0.516 bits per heavy atom. The van der Waals surface area contributed by atoms with Crippen molar-refractivity contribution in [1.82, 2.24) is 0 Å². The van der Waals surface area contributed by atoms with Gasteiger partial charge in [-0.2, -0.15) is 0 Å². The van der Waals surface area contributed by atoms with Crippen LogP contribution in [0.1, 0.15) is 194 Å². The van der Waals surface area contributed by atoms with Crippen molar-refractivity contribution >= 4 is 13.8 Å². The Bertz CT molecular complexity index is 1290. The highest BCUT2D eigenvalue weighted by Crippen LogP contribution is 2.47. The molecule has 6 atom stereocenters. The number of hydrogen-bond acceptors (Lipinski definition) is 11. The monoisotopic (exact) mass is 927 g/mol. The minimum Gasteiger partial charge on any atom is -0.457 e. The summed E-state index contributed by atoms with van der Waals surface area (Å²) in [4.78, 5) is 23.2. The van der Waals surface area contributed by atoms with Gasteiger partial charge in [0, 0.05) is 13.0 Å². The standard InChI is InChI=1S/C51H91O12P/c1-3-5-7-9-11-13-15-17-19-20-21-22-23-24-25-26-27-28-30-32-34-36-38-40-45(52)62-44(42-60-41-39-37-35-33-31-29-18-16-14-12-10-8-6-4-2)43-61-64(58,59)63-51-49(56)47(54)46(53)48(55)50(51)57/h5,7,11,13-14,16-17,19,21-22,44,46-51,53-57H,3-4,6,8-10,12,15,18,20,23-43H2,1-2H3,(H,58,59)/b7-5-,13-11-,16-14-,19-17-,22-21-. The lowest BCUT2D eigenvalue weighted by molar-refractivity contribution is -0.220. The fraction of sp³-hybridized carbons (Fsp3) is 0.784. The third kappa shape index (κ3) is 32.7. The van der Waals surface area contributed by atoms with E-state index in [2.05, 4.69) is 74.6 Å². The molecule has 6 unspecified atom stereocenters. The molecule has 1 rings (SSSR count). The lowest BCUT2D eigenvalue weighted by atomic mass is 9.85. The van der Waals surface area contributed by atoms with Crippen LogP contribution >= 0.6 is 7.82 Å². The zero-order valence-corrected chi connectivity index (χ0v) is 40.7. The fourth-order valence-electron chi connectivity index (χ4n) is 7.40. The molecule has 1 aliphatic rings. The van der Waals surface area contributed by atoms with Crippen molar-refractivity contribution in [3.8, 4) is 0 Å². The smallest absolute Gasteiger partial charge is 0.457 e. The van der Waals surface area contributed by atoms with Crippen LogP contribution in [-0.4, -0.2) is 98.9 Å². The number of esters is 1. The molecule has 0 bridgehead atoms. The van der Waals surface area contributed by atoms with Crippen LogP contribution in [0.3, 0.4) is 0 Å². The van der Waals surface area contributed by atoms with Gasteiger partial charge in [-0.05, 0) is 77.0 Å². The Morgan fingerprint density at radius 3 is 1.42 bits per heavy atom. The first kappa shape index (κ1) is 60.1. The third-order valence-corrected chi connectivity index (χ3v) is 12.4. The highest BCUT2D eigenvalue weighted by Gasteiger charge is 2.51. The summed E-state index contributed by atoms with van der Waals surface area (Å²) >= 11 is 0. The molecule has 0 aromatic carbocycles. The Hall–Kier alpha value is -1.96. The molecular formula is C51H91O12P. The number of carbonyl (C=O) groups excluding carboxylic acids is 1. The summed E-state index contributed by atoms with van der Waals surface area (Å²) in [6.45, 7) is 4.12. The van der Waals surface area contributed by atoms with Gasteiger partial charge in [0.05, 0.1) is 13.2 Å². The lowest BCUT2D eigenvalue weighted by Crippen LogP contribution is -2.64. The van der Waals surface area contributed by atoms with Crippen molar-refractivity contribution in [3.63, 3.8) is 0 Å². The minimum atomic E-state index is -5.02. The number of carbonyl (C=O) groups is 1. The van der Waals surface area contributed by atoms with Crippen LogP contribution in [0.2, 0.25) is 0 Å². The molecule has 0 radical (unpaired) electrons. The summed E-state index contributed by atoms with van der Waals surface area (Å²) in [5, 5.41) is 50.3. The van der Waals surface area contributed by atoms with Crippen LogP contribution in [0.15, 0.2) is 60.8 Å². The van der Waals surface area contributed by atoms with E-state index in [4.69, 9.17) is 18.5 Å². The topological polar surface area (TPSA) is 192 Å². The number of aliphatic hydroxyl groups excluding tert-OH is 5. The molecule has 13 heteroatoms. The molecule has 0 aromatic rings. The molecule has 1 saturated carbocycles. The summed E-state index contributed by atoms with van der Waals surface area (Å²) < 4.78 is 34.2. The van der Waals surface area contributed by atoms with Gasteiger partial charge in [-0.15, -0.1) is 0 Å². The van der Waals surface area contributed by atoms with Crippen LogP contribution in [-0.2, 0) is 27.9 Å². The average molecular weight is 927 g/mol. The molecule has 6 N–H and O–H groups in total. The highest BCUT2D eigenvalue weighted by atomic mass is 31.2. The van der Waals surface area contributed by atoms with E-state index in [1.54, 1.807) is 0 Å². The van der Waals surface area contributed by atoms with Crippen LogP contribution in [0.25, 0.3) is 0 Å². The first-order valence-electron chi connectivity index (χ1n) is 25.1. The predicted octanol–water partition coefficient (Wildman–Crippen LogP) is 11.0. The first-order valence-corrected chi connectivity index (χ1v) is 26.6. The number of ether oxygens (including phenoxy) is 2. The second kappa shape index (κ2) is 41.2. The Labute approximate surface area is 387 Å². The quantitative estimate of drug-likeness (QED) is 0.0147. The summed E-state index contributed by atoms with van der Waals surface area (Å²) in [5.41, 5.74) is 0. The van der Waals surface area contributed by atoms with Crippen molar-refractivity contribution in [3.05, 3.63) is 60.8 Å². The summed E-state index contributed by atoms with van der Waals surface area (Å²) in [6, 6.07) is 0. The maximum atomic E-state index is 12.8. The number of unbranched alkanes of at least 4 members (excludes halogenated alkanes) is 20. The molecular weight excluding hydrogens is 836 g/mol. The van der Waals surface area contributed by atoms with E-state index in [0.29, 0.717) is 13.0 Å². The van der Waals surface area contributed by atoms with Crippen molar-refractivity contribution < 1.29 is 58.3 Å². The largest absolute Gasteiger partial charge is 0.472 e. The van der Waals surface area contributed by atoms with Gasteiger partial charge in [0.15, 0.2) is 0 Å². The SMILES string of the molecule is CC/C=C\C/C=C\C/C=C\C/C=C\CCCCCCCCCCCCC(=O)OC(COCCCCCCCC/C=C\CCCCCC)COP(=O)(O)OC1C(O)C(O)C(O)C(O)C1O. The van der Waals surface area contributed by atoms with Gasteiger partial charge < -0.3 is 39.9 Å². The Kier molecular flexibility index (Phi) is 38.7. The maximum Gasteiger partial charge on any atom is 0.472 e. The van der Waals surface area contributed by atoms with Crippen molar-refractivity contribution in [2.75, 3.05) is 19.8 Å². The number of hydrogen-bond donors (Lipinski definition) is 6. The zero-order chi connectivity index (χ0) is 46.9. The molecule has 12 nitrogen and oxygen atoms in total. The molecule has 64 heavy (non-hydrogen) atoms. The van der Waals surface area contributed by atoms with E-state index in [0.717, 1.165) is 83.5 Å². The summed E-state index contributed by atoms with van der Waals surface area (Å²) in [5.74, 6) is -0.485. The molecule has 0 aromatic heterocycles. The average Bonchev–Trinajstić information content (AvgIpc) is 3.28. The van der Waals surface area contributed by atoms with Crippen LogP contribution in [0.5, 0.6) is 0 Å². The van der Waals surface area contributed by atoms with Crippen LogP contribution < -0.4 is 0 Å². The van der Waals surface area contributed by atoms with Gasteiger partial charge in [0.25, 0.3) is 0 Å².